The molecule has 0 atom stereocenters. The number of aromatic nitrogens is 6. The van der Waals surface area contributed by atoms with Crippen molar-refractivity contribution in [3.63, 3.8) is 0 Å². The van der Waals surface area contributed by atoms with Crippen LogP contribution in [0, 0.1) is 0 Å². The van der Waals surface area contributed by atoms with Gasteiger partial charge in [0, 0.05) is 30.1 Å². The van der Waals surface area contributed by atoms with Crippen LogP contribution in [0.3, 0.4) is 0 Å². The van der Waals surface area contributed by atoms with Crippen LogP contribution in [0.2, 0.25) is 0 Å². The maximum absolute atomic E-state index is 15.0. The van der Waals surface area contributed by atoms with Crippen molar-refractivity contribution in [1.82, 2.24) is 29.5 Å². The molecule has 32 heavy (non-hydrogen) atoms. The predicted molar refractivity (Wildman–Crippen MR) is 118 cm³/mol. The molecule has 3 heterocycles. The summed E-state index contributed by atoms with van der Waals surface area (Å²) >= 11 is 0. The minimum Gasteiger partial charge on any atom is -0.497 e. The highest BCUT2D eigenvalue weighted by atomic mass is 19.1. The van der Waals surface area contributed by atoms with E-state index in [4.69, 9.17) is 15.2 Å². The normalized spacial score (nSPS) is 12.8. The van der Waals surface area contributed by atoms with Crippen molar-refractivity contribution in [1.29, 1.82) is 0 Å². The molecule has 0 spiro atoms. The summed E-state index contributed by atoms with van der Waals surface area (Å²) < 4.78 is 27.9. The standard InChI is InChI=1S/C21H20FN7O3/c1-5-11(31-3)6-14(22)20(23)29-19-13-7-12(16-9-25-27-26-16)18(32-4)8-15(13)24-10-17(19)28(2)21(29)30/h5-10H,1,23H2,2-4H3,(H,25,26,27)/b11-6+,20-14-. The van der Waals surface area contributed by atoms with Crippen LogP contribution in [0.4, 0.5) is 4.39 Å². The molecule has 3 N–H and O–H groups in total. The van der Waals surface area contributed by atoms with Crippen LogP contribution in [0.5, 0.6) is 5.75 Å². The van der Waals surface area contributed by atoms with Crippen molar-refractivity contribution >= 4 is 27.8 Å². The van der Waals surface area contributed by atoms with Gasteiger partial charge in [0.1, 0.15) is 17.3 Å². The van der Waals surface area contributed by atoms with E-state index in [1.807, 2.05) is 0 Å². The molecule has 0 aliphatic carbocycles. The number of pyridine rings is 1. The Morgan fingerprint density at radius 2 is 2.09 bits per heavy atom. The number of fused-ring (bicyclic) bond motifs is 3. The number of rotatable bonds is 6. The highest BCUT2D eigenvalue weighted by Gasteiger charge is 2.20. The maximum atomic E-state index is 15.0. The second kappa shape index (κ2) is 8.02. The molecule has 0 bridgehead atoms. The number of hydrogen-bond acceptors (Lipinski definition) is 7. The van der Waals surface area contributed by atoms with Gasteiger partial charge < -0.3 is 15.2 Å². The molecule has 164 valence electrons. The highest BCUT2D eigenvalue weighted by Crippen LogP contribution is 2.35. The van der Waals surface area contributed by atoms with Crippen LogP contribution in [0.25, 0.3) is 39.0 Å². The molecule has 0 fully saturated rings. The van der Waals surface area contributed by atoms with E-state index in [1.54, 1.807) is 19.2 Å². The van der Waals surface area contributed by atoms with Crippen LogP contribution in [0.15, 0.2) is 59.6 Å². The first-order valence-corrected chi connectivity index (χ1v) is 9.39. The topological polar surface area (TPSA) is 126 Å². The molecular weight excluding hydrogens is 417 g/mol. The first kappa shape index (κ1) is 20.8. The van der Waals surface area contributed by atoms with Crippen molar-refractivity contribution in [2.24, 2.45) is 12.8 Å². The SMILES string of the molecule is C=C/C(=C\C(F)=C(/N)n1c(=O)n(C)c2cnc3cc(OC)c(-c4cnn[nH]4)cc3c21)OC. The number of nitrogens with one attached hydrogen (secondary N) is 1. The Hall–Kier alpha value is -4.41. The van der Waals surface area contributed by atoms with Gasteiger partial charge in [-0.25, -0.2) is 13.8 Å². The first-order chi connectivity index (χ1) is 15.4. The van der Waals surface area contributed by atoms with E-state index < -0.39 is 17.3 Å². The fourth-order valence-corrected chi connectivity index (χ4v) is 3.46. The molecule has 0 saturated heterocycles. The van der Waals surface area contributed by atoms with Crippen molar-refractivity contribution < 1.29 is 13.9 Å². The number of benzene rings is 1. The third-order valence-electron chi connectivity index (χ3n) is 5.10. The fourth-order valence-electron chi connectivity index (χ4n) is 3.46. The predicted octanol–water partition coefficient (Wildman–Crippen LogP) is 2.45. The lowest BCUT2D eigenvalue weighted by molar-refractivity contribution is 0.305. The van der Waals surface area contributed by atoms with Gasteiger partial charge in [0.05, 0.1) is 48.9 Å². The lowest BCUT2D eigenvalue weighted by Crippen LogP contribution is -2.25. The van der Waals surface area contributed by atoms with Gasteiger partial charge in [-0.1, -0.05) is 11.8 Å². The molecule has 11 heteroatoms. The number of nitrogens with two attached hydrogens (primary N) is 1. The van der Waals surface area contributed by atoms with Gasteiger partial charge in [-0.3, -0.25) is 14.6 Å². The zero-order chi connectivity index (χ0) is 23.0. The molecule has 4 aromatic rings. The molecule has 0 unspecified atom stereocenters. The Morgan fingerprint density at radius 1 is 1.31 bits per heavy atom. The van der Waals surface area contributed by atoms with Crippen molar-refractivity contribution in [3.05, 3.63) is 65.3 Å². The summed E-state index contributed by atoms with van der Waals surface area (Å²) in [4.78, 5) is 17.5. The van der Waals surface area contributed by atoms with Crippen LogP contribution < -0.4 is 16.2 Å². The summed E-state index contributed by atoms with van der Waals surface area (Å²) in [6.07, 6.45) is 5.45. The van der Waals surface area contributed by atoms with E-state index in [9.17, 15) is 9.18 Å². The number of H-pyrrole nitrogens is 1. The van der Waals surface area contributed by atoms with Crippen molar-refractivity contribution in [2.75, 3.05) is 14.2 Å². The van der Waals surface area contributed by atoms with Gasteiger partial charge in [0.25, 0.3) is 0 Å². The summed E-state index contributed by atoms with van der Waals surface area (Å²) in [6.45, 7) is 3.55. The van der Waals surface area contributed by atoms with Gasteiger partial charge in [-0.15, -0.1) is 5.10 Å². The number of imidazole rings is 1. The Balaban J connectivity index is 2.12. The van der Waals surface area contributed by atoms with Crippen molar-refractivity contribution in [3.8, 4) is 17.0 Å². The van der Waals surface area contributed by atoms with E-state index in [-0.39, 0.29) is 5.76 Å². The lowest BCUT2D eigenvalue weighted by Gasteiger charge is -2.11. The molecule has 0 aliphatic rings. The molecule has 1 aromatic carbocycles. The zero-order valence-corrected chi connectivity index (χ0v) is 17.6. The second-order valence-electron chi connectivity index (χ2n) is 6.80. The lowest BCUT2D eigenvalue weighted by atomic mass is 10.1. The van der Waals surface area contributed by atoms with E-state index in [0.29, 0.717) is 38.9 Å². The summed E-state index contributed by atoms with van der Waals surface area (Å²) in [5.74, 6) is -0.574. The number of methoxy groups -OCH3 is 2. The number of ether oxygens (including phenoxy) is 2. The van der Waals surface area contributed by atoms with Crippen LogP contribution >= 0.6 is 0 Å². The van der Waals surface area contributed by atoms with E-state index in [2.05, 4.69) is 27.0 Å². The third-order valence-corrected chi connectivity index (χ3v) is 5.10. The van der Waals surface area contributed by atoms with Crippen LogP contribution in [-0.2, 0) is 11.8 Å². The third kappa shape index (κ3) is 3.20. The Morgan fingerprint density at radius 3 is 2.72 bits per heavy atom. The Bertz CT molecular complexity index is 1460. The number of nitrogens with zero attached hydrogens (tertiary/aromatic N) is 5. The average molecular weight is 437 g/mol. The smallest absolute Gasteiger partial charge is 0.334 e. The Labute approximate surface area is 181 Å². The van der Waals surface area contributed by atoms with Crippen LogP contribution in [0.1, 0.15) is 0 Å². The largest absolute Gasteiger partial charge is 0.497 e. The van der Waals surface area contributed by atoms with Gasteiger partial charge in [-0.2, -0.15) is 0 Å². The van der Waals surface area contributed by atoms with Crippen molar-refractivity contribution in [2.45, 2.75) is 0 Å². The monoisotopic (exact) mass is 437 g/mol. The molecule has 0 aliphatic heterocycles. The highest BCUT2D eigenvalue weighted by molar-refractivity contribution is 6.06. The summed E-state index contributed by atoms with van der Waals surface area (Å²) in [5, 5.41) is 10.9. The summed E-state index contributed by atoms with van der Waals surface area (Å²) in [7, 11) is 4.46. The molecule has 4 rings (SSSR count). The molecule has 10 nitrogen and oxygen atoms in total. The molecular formula is C21H20FN7O3. The molecule has 0 amide bonds. The molecule has 3 aromatic heterocycles. The van der Waals surface area contributed by atoms with Crippen LogP contribution in [-0.4, -0.2) is 43.7 Å². The van der Waals surface area contributed by atoms with Gasteiger partial charge in [0.15, 0.2) is 5.83 Å². The van der Waals surface area contributed by atoms with E-state index in [1.165, 1.54) is 37.3 Å². The molecule has 0 saturated carbocycles. The number of halogens is 1. The van der Waals surface area contributed by atoms with E-state index in [0.717, 1.165) is 10.6 Å². The number of aromatic amines is 1. The molecule has 0 radical (unpaired) electrons. The second-order valence-corrected chi connectivity index (χ2v) is 6.80. The Kier molecular flexibility index (Phi) is 5.23. The minimum absolute atomic E-state index is 0.157. The maximum Gasteiger partial charge on any atom is 0.334 e. The first-order valence-electron chi connectivity index (χ1n) is 9.39. The van der Waals surface area contributed by atoms with E-state index >= 15 is 0 Å². The fraction of sp³-hybridized carbons (Fsp3) is 0.143. The number of aryl methyl sites for hydroxylation is 1. The average Bonchev–Trinajstić information content (AvgIpc) is 3.43. The zero-order valence-electron chi connectivity index (χ0n) is 17.6. The number of hydrogen-bond donors (Lipinski definition) is 2. The summed E-state index contributed by atoms with van der Waals surface area (Å²) in [6, 6.07) is 3.48. The number of allylic oxidation sites excluding steroid dienone is 3. The minimum atomic E-state index is -0.854. The van der Waals surface area contributed by atoms with Gasteiger partial charge in [-0.05, 0) is 12.1 Å². The van der Waals surface area contributed by atoms with Gasteiger partial charge >= 0.3 is 5.69 Å². The summed E-state index contributed by atoms with van der Waals surface area (Å²) in [5.41, 5.74) is 8.19. The quantitative estimate of drug-likeness (QED) is 0.350. The van der Waals surface area contributed by atoms with Gasteiger partial charge in [0.2, 0.25) is 0 Å².